The lowest BCUT2D eigenvalue weighted by molar-refractivity contribution is 0.121. The van der Waals surface area contributed by atoms with Crippen LogP contribution in [0.15, 0.2) is 0 Å². The Morgan fingerprint density at radius 1 is 1.15 bits per heavy atom. The second-order valence-electron chi connectivity index (χ2n) is 5.95. The minimum atomic E-state index is 0.383. The summed E-state index contributed by atoms with van der Waals surface area (Å²) in [5, 5.41) is 3.52. The van der Waals surface area contributed by atoms with E-state index >= 15 is 0 Å². The van der Waals surface area contributed by atoms with Gasteiger partial charge in [0.25, 0.3) is 0 Å². The van der Waals surface area contributed by atoms with E-state index in [-0.39, 0.29) is 0 Å². The van der Waals surface area contributed by atoms with E-state index in [1.807, 2.05) is 0 Å². The standard InChI is InChI=1S/C12H25N/c1-11(2,3)10(13-5)12(4)8-6-7-9-12/h10,13H,6-9H2,1-5H3. The molecule has 0 amide bonds. The van der Waals surface area contributed by atoms with Gasteiger partial charge in [0.05, 0.1) is 0 Å². The topological polar surface area (TPSA) is 12.0 Å². The largest absolute Gasteiger partial charge is 0.316 e. The third kappa shape index (κ3) is 2.25. The Hall–Kier alpha value is -0.0400. The first-order valence-electron chi connectivity index (χ1n) is 5.57. The summed E-state index contributed by atoms with van der Waals surface area (Å²) in [4.78, 5) is 0. The average Bonchev–Trinajstić information content (AvgIpc) is 2.34. The minimum Gasteiger partial charge on any atom is -0.316 e. The molecule has 1 N–H and O–H groups in total. The van der Waals surface area contributed by atoms with Crippen LogP contribution < -0.4 is 5.32 Å². The molecule has 1 nitrogen and oxygen atoms in total. The number of rotatable bonds is 2. The smallest absolute Gasteiger partial charge is 0.0166 e. The van der Waals surface area contributed by atoms with Crippen molar-refractivity contribution in [2.75, 3.05) is 7.05 Å². The summed E-state index contributed by atoms with van der Waals surface area (Å²) in [6.07, 6.45) is 5.64. The molecule has 1 unspecified atom stereocenters. The Bertz CT molecular complexity index is 160. The van der Waals surface area contributed by atoms with E-state index in [1.54, 1.807) is 0 Å². The van der Waals surface area contributed by atoms with Crippen molar-refractivity contribution in [3.05, 3.63) is 0 Å². The molecule has 0 radical (unpaired) electrons. The maximum Gasteiger partial charge on any atom is 0.0166 e. The van der Waals surface area contributed by atoms with Crippen molar-refractivity contribution in [1.29, 1.82) is 0 Å². The van der Waals surface area contributed by atoms with E-state index in [0.717, 1.165) is 0 Å². The quantitative estimate of drug-likeness (QED) is 0.693. The Morgan fingerprint density at radius 2 is 1.62 bits per heavy atom. The molecule has 0 saturated heterocycles. The highest BCUT2D eigenvalue weighted by Gasteiger charge is 2.41. The lowest BCUT2D eigenvalue weighted by Gasteiger charge is -2.42. The summed E-state index contributed by atoms with van der Waals surface area (Å²) < 4.78 is 0. The van der Waals surface area contributed by atoms with Crippen LogP contribution in [0.3, 0.4) is 0 Å². The lowest BCUT2D eigenvalue weighted by Crippen LogP contribution is -2.49. The molecule has 0 aromatic rings. The summed E-state index contributed by atoms with van der Waals surface area (Å²) >= 11 is 0. The molecular formula is C12H25N. The average molecular weight is 183 g/mol. The van der Waals surface area contributed by atoms with Gasteiger partial charge >= 0.3 is 0 Å². The van der Waals surface area contributed by atoms with E-state index < -0.39 is 0 Å². The second-order valence-corrected chi connectivity index (χ2v) is 5.95. The second kappa shape index (κ2) is 3.61. The fourth-order valence-corrected chi connectivity index (χ4v) is 3.30. The summed E-state index contributed by atoms with van der Waals surface area (Å²) in [5.41, 5.74) is 0.918. The molecule has 0 aromatic carbocycles. The monoisotopic (exact) mass is 183 g/mol. The van der Waals surface area contributed by atoms with Crippen LogP contribution in [-0.4, -0.2) is 13.1 Å². The maximum atomic E-state index is 3.52. The van der Waals surface area contributed by atoms with Crippen LogP contribution in [0.5, 0.6) is 0 Å². The summed E-state index contributed by atoms with van der Waals surface area (Å²) in [6, 6.07) is 0.655. The zero-order valence-electron chi connectivity index (χ0n) is 9.91. The van der Waals surface area contributed by atoms with Gasteiger partial charge in [-0.15, -0.1) is 0 Å². The van der Waals surface area contributed by atoms with Gasteiger partial charge in [-0.1, -0.05) is 40.5 Å². The van der Waals surface area contributed by atoms with Gasteiger partial charge in [0.1, 0.15) is 0 Å². The molecule has 1 rings (SSSR count). The fourth-order valence-electron chi connectivity index (χ4n) is 3.30. The summed E-state index contributed by atoms with van der Waals surface area (Å²) in [7, 11) is 2.11. The third-order valence-corrected chi connectivity index (χ3v) is 3.60. The van der Waals surface area contributed by atoms with Gasteiger partial charge in [-0.25, -0.2) is 0 Å². The van der Waals surface area contributed by atoms with Crippen molar-refractivity contribution in [1.82, 2.24) is 5.32 Å². The molecule has 0 spiro atoms. The Balaban J connectivity index is 2.76. The van der Waals surface area contributed by atoms with Gasteiger partial charge in [-0.3, -0.25) is 0 Å². The van der Waals surface area contributed by atoms with Crippen LogP contribution in [0.4, 0.5) is 0 Å². The van der Waals surface area contributed by atoms with Gasteiger partial charge in [0.15, 0.2) is 0 Å². The van der Waals surface area contributed by atoms with Crippen LogP contribution in [0.2, 0.25) is 0 Å². The number of hydrogen-bond acceptors (Lipinski definition) is 1. The molecule has 1 saturated carbocycles. The van der Waals surface area contributed by atoms with E-state index in [4.69, 9.17) is 0 Å². The Morgan fingerprint density at radius 3 is 1.92 bits per heavy atom. The van der Waals surface area contributed by atoms with Crippen LogP contribution in [0, 0.1) is 10.8 Å². The van der Waals surface area contributed by atoms with Crippen LogP contribution in [0.25, 0.3) is 0 Å². The van der Waals surface area contributed by atoms with Crippen molar-refractivity contribution < 1.29 is 0 Å². The highest BCUT2D eigenvalue weighted by molar-refractivity contribution is 4.96. The predicted octanol–water partition coefficient (Wildman–Crippen LogP) is 3.20. The van der Waals surface area contributed by atoms with Crippen molar-refractivity contribution in [2.45, 2.75) is 59.4 Å². The normalized spacial score (nSPS) is 24.7. The lowest BCUT2D eigenvalue weighted by atomic mass is 9.69. The first-order valence-corrected chi connectivity index (χ1v) is 5.57. The Labute approximate surface area is 83.3 Å². The van der Waals surface area contributed by atoms with Gasteiger partial charge in [0.2, 0.25) is 0 Å². The van der Waals surface area contributed by atoms with Gasteiger partial charge in [-0.2, -0.15) is 0 Å². The number of hydrogen-bond donors (Lipinski definition) is 1. The molecule has 1 fully saturated rings. The summed E-state index contributed by atoms with van der Waals surface area (Å²) in [5.74, 6) is 0. The van der Waals surface area contributed by atoms with E-state index in [9.17, 15) is 0 Å². The van der Waals surface area contributed by atoms with Crippen molar-refractivity contribution in [2.24, 2.45) is 10.8 Å². The highest BCUT2D eigenvalue weighted by atomic mass is 14.9. The SMILES string of the molecule is CNC(C(C)(C)C)C1(C)CCCC1. The highest BCUT2D eigenvalue weighted by Crippen LogP contribution is 2.45. The Kier molecular flexibility index (Phi) is 3.06. The molecule has 0 heterocycles. The van der Waals surface area contributed by atoms with Crippen LogP contribution in [-0.2, 0) is 0 Å². The zero-order valence-corrected chi connectivity index (χ0v) is 9.91. The molecule has 0 aliphatic heterocycles. The summed E-state index contributed by atoms with van der Waals surface area (Å²) in [6.45, 7) is 9.49. The van der Waals surface area contributed by atoms with Crippen LogP contribution >= 0.6 is 0 Å². The van der Waals surface area contributed by atoms with Crippen molar-refractivity contribution >= 4 is 0 Å². The third-order valence-electron chi connectivity index (χ3n) is 3.60. The molecule has 1 atom stereocenters. The molecule has 78 valence electrons. The van der Waals surface area contributed by atoms with Gasteiger partial charge < -0.3 is 5.32 Å². The first-order chi connectivity index (χ1) is 5.90. The van der Waals surface area contributed by atoms with Gasteiger partial charge in [-0.05, 0) is 30.7 Å². The molecule has 13 heavy (non-hydrogen) atoms. The maximum absolute atomic E-state index is 3.52. The molecule has 1 aliphatic rings. The molecule has 0 bridgehead atoms. The minimum absolute atomic E-state index is 0.383. The molecule has 0 aromatic heterocycles. The van der Waals surface area contributed by atoms with Gasteiger partial charge in [0, 0.05) is 6.04 Å². The van der Waals surface area contributed by atoms with E-state index in [2.05, 4.69) is 40.1 Å². The van der Waals surface area contributed by atoms with E-state index in [1.165, 1.54) is 25.7 Å². The predicted molar refractivity (Wildman–Crippen MR) is 58.9 cm³/mol. The van der Waals surface area contributed by atoms with Crippen LogP contribution in [0.1, 0.15) is 53.4 Å². The number of nitrogens with one attached hydrogen (secondary N) is 1. The fraction of sp³-hybridized carbons (Fsp3) is 1.00. The van der Waals surface area contributed by atoms with Crippen molar-refractivity contribution in [3.63, 3.8) is 0 Å². The molecular weight excluding hydrogens is 158 g/mol. The zero-order chi connectivity index (χ0) is 10.1. The molecule has 1 heteroatoms. The first kappa shape index (κ1) is 11.0. The molecule has 1 aliphatic carbocycles. The van der Waals surface area contributed by atoms with E-state index in [0.29, 0.717) is 16.9 Å². The van der Waals surface area contributed by atoms with Crippen molar-refractivity contribution in [3.8, 4) is 0 Å².